The number of carbonyl (C=O) groups excluding carboxylic acids is 1. The van der Waals surface area contributed by atoms with Crippen molar-refractivity contribution in [2.75, 3.05) is 17.2 Å². The average Bonchev–Trinajstić information content (AvgIpc) is 2.30. The molecule has 1 heterocycles. The van der Waals surface area contributed by atoms with Crippen molar-refractivity contribution in [2.45, 2.75) is 18.9 Å². The van der Waals surface area contributed by atoms with Crippen LogP contribution >= 0.6 is 11.8 Å². The highest BCUT2D eigenvalue weighted by Gasteiger charge is 2.18. The Labute approximate surface area is 104 Å². The number of nitrogen functional groups attached to an aromatic ring is 1. The lowest BCUT2D eigenvalue weighted by Crippen LogP contribution is -2.37. The monoisotopic (exact) mass is 254 g/mol. The molecule has 1 saturated heterocycles. The Bertz CT molecular complexity index is 419. The van der Waals surface area contributed by atoms with Crippen LogP contribution in [0.2, 0.25) is 0 Å². The van der Waals surface area contributed by atoms with E-state index in [-0.39, 0.29) is 17.6 Å². The Morgan fingerprint density at radius 2 is 2.12 bits per heavy atom. The van der Waals surface area contributed by atoms with Gasteiger partial charge in [-0.15, -0.1) is 0 Å². The molecule has 1 aromatic rings. The van der Waals surface area contributed by atoms with E-state index in [0.717, 1.165) is 24.3 Å². The third-order valence-corrected chi connectivity index (χ3v) is 3.86. The average molecular weight is 254 g/mol. The summed E-state index contributed by atoms with van der Waals surface area (Å²) in [5, 5.41) is 2.94. The van der Waals surface area contributed by atoms with Crippen molar-refractivity contribution in [3.8, 4) is 0 Å². The molecule has 0 spiro atoms. The number of thioether (sulfide) groups is 1. The molecule has 1 fully saturated rings. The van der Waals surface area contributed by atoms with E-state index in [9.17, 15) is 9.18 Å². The molecule has 92 valence electrons. The summed E-state index contributed by atoms with van der Waals surface area (Å²) in [6.45, 7) is 0. The number of nitrogens with one attached hydrogen (secondary N) is 1. The van der Waals surface area contributed by atoms with Gasteiger partial charge < -0.3 is 11.1 Å². The van der Waals surface area contributed by atoms with Crippen molar-refractivity contribution in [1.82, 2.24) is 5.32 Å². The molecule has 0 aliphatic carbocycles. The second kappa shape index (κ2) is 5.40. The lowest BCUT2D eigenvalue weighted by atomic mass is 10.1. The molecule has 0 saturated carbocycles. The Hall–Kier alpha value is -1.23. The first-order valence-corrected chi connectivity index (χ1v) is 6.76. The zero-order chi connectivity index (χ0) is 12.3. The number of halogens is 1. The van der Waals surface area contributed by atoms with Crippen LogP contribution in [-0.4, -0.2) is 23.5 Å². The molecule has 1 amide bonds. The minimum absolute atomic E-state index is 0.188. The van der Waals surface area contributed by atoms with Gasteiger partial charge in [-0.25, -0.2) is 4.39 Å². The first kappa shape index (κ1) is 12.2. The normalized spacial score (nSPS) is 16.8. The summed E-state index contributed by atoms with van der Waals surface area (Å²) >= 11 is 1.90. The van der Waals surface area contributed by atoms with E-state index in [1.807, 2.05) is 11.8 Å². The fourth-order valence-corrected chi connectivity index (χ4v) is 2.95. The van der Waals surface area contributed by atoms with Gasteiger partial charge in [-0.05, 0) is 42.5 Å². The fourth-order valence-electron chi connectivity index (χ4n) is 1.85. The summed E-state index contributed by atoms with van der Waals surface area (Å²) in [6, 6.07) is 4.07. The Balaban J connectivity index is 2.03. The second-order valence-electron chi connectivity index (χ2n) is 4.09. The maximum atomic E-state index is 12.9. The third-order valence-electron chi connectivity index (χ3n) is 2.81. The van der Waals surface area contributed by atoms with E-state index in [4.69, 9.17) is 5.73 Å². The Kier molecular flexibility index (Phi) is 3.89. The molecule has 0 atom stereocenters. The van der Waals surface area contributed by atoms with Crippen molar-refractivity contribution in [3.05, 3.63) is 29.6 Å². The number of hydrogen-bond acceptors (Lipinski definition) is 3. The number of benzene rings is 1. The molecule has 17 heavy (non-hydrogen) atoms. The lowest BCUT2D eigenvalue weighted by Gasteiger charge is -2.22. The minimum atomic E-state index is -0.423. The van der Waals surface area contributed by atoms with Crippen LogP contribution < -0.4 is 11.1 Å². The van der Waals surface area contributed by atoms with Crippen molar-refractivity contribution >= 4 is 23.4 Å². The predicted octanol–water partition coefficient (Wildman–Crippen LogP) is 2.03. The first-order chi connectivity index (χ1) is 8.16. The highest BCUT2D eigenvalue weighted by Crippen LogP contribution is 2.18. The van der Waals surface area contributed by atoms with Crippen LogP contribution in [-0.2, 0) is 0 Å². The van der Waals surface area contributed by atoms with Gasteiger partial charge in [0.2, 0.25) is 0 Å². The van der Waals surface area contributed by atoms with E-state index in [1.54, 1.807) is 0 Å². The maximum absolute atomic E-state index is 12.9. The first-order valence-electron chi connectivity index (χ1n) is 5.60. The summed E-state index contributed by atoms with van der Waals surface area (Å²) in [4.78, 5) is 11.9. The minimum Gasteiger partial charge on any atom is -0.398 e. The Morgan fingerprint density at radius 3 is 2.76 bits per heavy atom. The van der Waals surface area contributed by atoms with Gasteiger partial charge >= 0.3 is 0 Å². The van der Waals surface area contributed by atoms with Crippen LogP contribution in [0.4, 0.5) is 10.1 Å². The third kappa shape index (κ3) is 3.12. The van der Waals surface area contributed by atoms with E-state index < -0.39 is 5.82 Å². The molecular weight excluding hydrogens is 239 g/mol. The molecule has 1 aliphatic heterocycles. The van der Waals surface area contributed by atoms with Crippen LogP contribution in [0.3, 0.4) is 0 Å². The van der Waals surface area contributed by atoms with Crippen molar-refractivity contribution in [2.24, 2.45) is 0 Å². The molecule has 5 heteroatoms. The van der Waals surface area contributed by atoms with E-state index in [0.29, 0.717) is 5.56 Å². The largest absolute Gasteiger partial charge is 0.398 e. The predicted molar refractivity (Wildman–Crippen MR) is 68.6 cm³/mol. The van der Waals surface area contributed by atoms with Gasteiger partial charge in [-0.3, -0.25) is 4.79 Å². The molecular formula is C12H15FN2OS. The molecule has 3 nitrogen and oxygen atoms in total. The summed E-state index contributed by atoms with van der Waals surface area (Å²) in [5.74, 6) is 1.51. The topological polar surface area (TPSA) is 55.1 Å². The molecule has 0 radical (unpaired) electrons. The molecule has 1 aliphatic rings. The smallest absolute Gasteiger partial charge is 0.253 e. The van der Waals surface area contributed by atoms with E-state index in [1.165, 1.54) is 18.2 Å². The number of amides is 1. The van der Waals surface area contributed by atoms with Gasteiger partial charge in [0.25, 0.3) is 5.91 Å². The number of hydrogen-bond donors (Lipinski definition) is 2. The summed E-state index contributed by atoms with van der Waals surface area (Å²) in [7, 11) is 0. The quantitative estimate of drug-likeness (QED) is 0.794. The number of carbonyl (C=O) groups is 1. The molecule has 0 aromatic heterocycles. The van der Waals surface area contributed by atoms with Gasteiger partial charge in [0, 0.05) is 11.7 Å². The number of nitrogens with two attached hydrogens (primary N) is 1. The second-order valence-corrected chi connectivity index (χ2v) is 5.32. The highest BCUT2D eigenvalue weighted by atomic mass is 32.2. The van der Waals surface area contributed by atoms with E-state index >= 15 is 0 Å². The van der Waals surface area contributed by atoms with Crippen LogP contribution in [0.25, 0.3) is 0 Å². The SMILES string of the molecule is Nc1cc(F)ccc1C(=O)NC1CCSCC1. The number of anilines is 1. The highest BCUT2D eigenvalue weighted by molar-refractivity contribution is 7.99. The Morgan fingerprint density at radius 1 is 1.41 bits per heavy atom. The standard InChI is InChI=1S/C12H15FN2OS/c13-8-1-2-10(11(14)7-8)12(16)15-9-3-5-17-6-4-9/h1-2,7,9H,3-6,14H2,(H,15,16). The van der Waals surface area contributed by atoms with Gasteiger partial charge in [0.1, 0.15) is 5.82 Å². The van der Waals surface area contributed by atoms with Crippen LogP contribution in [0, 0.1) is 5.82 Å². The molecule has 2 rings (SSSR count). The van der Waals surface area contributed by atoms with Gasteiger partial charge in [-0.1, -0.05) is 0 Å². The zero-order valence-corrected chi connectivity index (χ0v) is 10.2. The van der Waals surface area contributed by atoms with Crippen molar-refractivity contribution < 1.29 is 9.18 Å². The van der Waals surface area contributed by atoms with Crippen molar-refractivity contribution in [1.29, 1.82) is 0 Å². The fraction of sp³-hybridized carbons (Fsp3) is 0.417. The molecule has 1 aromatic carbocycles. The number of rotatable bonds is 2. The van der Waals surface area contributed by atoms with Crippen LogP contribution in [0.5, 0.6) is 0 Å². The van der Waals surface area contributed by atoms with Crippen LogP contribution in [0.1, 0.15) is 23.2 Å². The maximum Gasteiger partial charge on any atom is 0.253 e. The molecule has 0 bridgehead atoms. The summed E-state index contributed by atoms with van der Waals surface area (Å²) in [5.41, 5.74) is 6.16. The zero-order valence-electron chi connectivity index (χ0n) is 9.41. The van der Waals surface area contributed by atoms with Gasteiger partial charge in [-0.2, -0.15) is 11.8 Å². The summed E-state index contributed by atoms with van der Waals surface area (Å²) in [6.07, 6.45) is 1.97. The molecule has 0 unspecified atom stereocenters. The van der Waals surface area contributed by atoms with E-state index in [2.05, 4.69) is 5.32 Å². The lowest BCUT2D eigenvalue weighted by molar-refractivity contribution is 0.0935. The van der Waals surface area contributed by atoms with Gasteiger partial charge in [0.15, 0.2) is 0 Å². The van der Waals surface area contributed by atoms with Crippen LogP contribution in [0.15, 0.2) is 18.2 Å². The molecule has 3 N–H and O–H groups in total. The van der Waals surface area contributed by atoms with Gasteiger partial charge in [0.05, 0.1) is 5.56 Å². The van der Waals surface area contributed by atoms with Crippen molar-refractivity contribution in [3.63, 3.8) is 0 Å². The summed E-state index contributed by atoms with van der Waals surface area (Å²) < 4.78 is 12.9.